The minimum absolute atomic E-state index is 0.0136. The van der Waals surface area contributed by atoms with E-state index in [0.717, 1.165) is 20.3 Å². The second-order valence-electron chi connectivity index (χ2n) is 6.99. The number of esters is 1. The molecule has 0 aliphatic carbocycles. The van der Waals surface area contributed by atoms with Crippen molar-refractivity contribution in [1.82, 2.24) is 14.1 Å². The molecule has 3 rings (SSSR count). The lowest BCUT2D eigenvalue weighted by Crippen LogP contribution is -2.41. The van der Waals surface area contributed by atoms with Crippen LogP contribution in [0.25, 0.3) is 5.69 Å². The van der Waals surface area contributed by atoms with Gasteiger partial charge in [0.2, 0.25) is 11.5 Å². The Hall–Kier alpha value is -4.47. The summed E-state index contributed by atoms with van der Waals surface area (Å²) in [7, 11) is 2.79. The molecule has 0 saturated heterocycles. The Kier molecular flexibility index (Phi) is 7.25. The van der Waals surface area contributed by atoms with Crippen molar-refractivity contribution in [1.29, 1.82) is 0 Å². The molecule has 0 unspecified atom stereocenters. The highest BCUT2D eigenvalue weighted by molar-refractivity contribution is 6.29. The number of pyridine rings is 1. The summed E-state index contributed by atoms with van der Waals surface area (Å²) < 4.78 is 69.5. The van der Waals surface area contributed by atoms with Crippen LogP contribution in [0.1, 0.15) is 16.2 Å². The van der Waals surface area contributed by atoms with Crippen LogP contribution in [-0.2, 0) is 18.0 Å². The summed E-state index contributed by atoms with van der Waals surface area (Å²) in [5.41, 5.74) is -7.47. The molecule has 0 atom stereocenters. The predicted octanol–water partition coefficient (Wildman–Crippen LogP) is 3.24. The lowest BCUT2D eigenvalue weighted by Gasteiger charge is -2.16. The number of hydrogen-bond acceptors (Lipinski definition) is 9. The van der Waals surface area contributed by atoms with Crippen molar-refractivity contribution in [3.8, 4) is 22.9 Å². The Morgan fingerprint density at radius 1 is 1.14 bits per heavy atom. The molecule has 0 aliphatic heterocycles. The van der Waals surface area contributed by atoms with Gasteiger partial charge in [0.05, 0.1) is 30.9 Å². The maximum Gasteiger partial charge on any atom is 0.431 e. The summed E-state index contributed by atoms with van der Waals surface area (Å²) in [5, 5.41) is 11.3. The molecule has 3 aromatic rings. The van der Waals surface area contributed by atoms with Crippen molar-refractivity contribution in [2.24, 2.45) is 7.05 Å². The van der Waals surface area contributed by atoms with Crippen LogP contribution in [0.5, 0.6) is 17.2 Å². The first kappa shape index (κ1) is 27.1. The number of carbonyl (C=O) groups is 1. The van der Waals surface area contributed by atoms with Crippen LogP contribution >= 0.6 is 11.6 Å². The molecule has 196 valence electrons. The number of hydrogen-bond donors (Lipinski definition) is 0. The third-order valence-corrected chi connectivity index (χ3v) is 4.99. The Balaban J connectivity index is 2.34. The van der Waals surface area contributed by atoms with Gasteiger partial charge in [-0.25, -0.2) is 23.5 Å². The summed E-state index contributed by atoms with van der Waals surface area (Å²) in [5.74, 6) is -4.33. The van der Waals surface area contributed by atoms with Crippen molar-refractivity contribution in [3.63, 3.8) is 0 Å². The van der Waals surface area contributed by atoms with Gasteiger partial charge in [0.1, 0.15) is 10.8 Å². The second kappa shape index (κ2) is 9.88. The summed E-state index contributed by atoms with van der Waals surface area (Å²) in [6.45, 7) is 0. The first-order chi connectivity index (χ1) is 17.2. The van der Waals surface area contributed by atoms with Gasteiger partial charge in [-0.3, -0.25) is 19.5 Å². The molecule has 0 amide bonds. The number of nitrogens with zero attached hydrogens (tertiary/aromatic N) is 4. The lowest BCUT2D eigenvalue weighted by atomic mass is 10.2. The Labute approximate surface area is 207 Å². The molecule has 0 fully saturated rings. The van der Waals surface area contributed by atoms with Gasteiger partial charge >= 0.3 is 23.5 Å². The second-order valence-corrected chi connectivity index (χ2v) is 7.38. The molecule has 12 nitrogen and oxygen atoms in total. The van der Waals surface area contributed by atoms with E-state index in [2.05, 4.69) is 9.72 Å². The van der Waals surface area contributed by atoms with Crippen LogP contribution in [-0.4, -0.2) is 39.2 Å². The largest absolute Gasteiger partial charge is 0.493 e. The SMILES string of the molecule is COC(=O)c1nc(Cl)cc(OC)c1Oc1cc(-n2c(=O)cc(C(F)(F)F)n(C)c2=O)c(F)cc1[N+](=O)[O-]. The zero-order chi connectivity index (χ0) is 27.8. The predicted molar refractivity (Wildman–Crippen MR) is 116 cm³/mol. The van der Waals surface area contributed by atoms with Crippen LogP contribution in [0.2, 0.25) is 5.15 Å². The molecule has 0 saturated carbocycles. The Morgan fingerprint density at radius 2 is 1.78 bits per heavy atom. The molecule has 0 aliphatic rings. The molecule has 2 aromatic heterocycles. The normalized spacial score (nSPS) is 11.2. The summed E-state index contributed by atoms with van der Waals surface area (Å²) >= 11 is 5.84. The highest BCUT2D eigenvalue weighted by Crippen LogP contribution is 2.41. The van der Waals surface area contributed by atoms with Crippen LogP contribution in [0.15, 0.2) is 33.9 Å². The third-order valence-electron chi connectivity index (χ3n) is 4.79. The first-order valence-corrected chi connectivity index (χ1v) is 9.98. The van der Waals surface area contributed by atoms with Crippen molar-refractivity contribution >= 4 is 23.3 Å². The van der Waals surface area contributed by atoms with Gasteiger partial charge in [-0.2, -0.15) is 13.2 Å². The number of rotatable bonds is 6. The third kappa shape index (κ3) is 5.09. The van der Waals surface area contributed by atoms with Gasteiger partial charge in [-0.15, -0.1) is 0 Å². The number of benzene rings is 1. The molecule has 37 heavy (non-hydrogen) atoms. The molecule has 1 aromatic carbocycles. The van der Waals surface area contributed by atoms with E-state index >= 15 is 0 Å². The average molecular weight is 549 g/mol. The van der Waals surface area contributed by atoms with Gasteiger partial charge < -0.3 is 14.2 Å². The summed E-state index contributed by atoms with van der Waals surface area (Å²) in [4.78, 5) is 51.4. The number of methoxy groups -OCH3 is 2. The van der Waals surface area contributed by atoms with Crippen LogP contribution in [0, 0.1) is 15.9 Å². The van der Waals surface area contributed by atoms with Gasteiger partial charge in [-0.1, -0.05) is 11.6 Å². The van der Waals surface area contributed by atoms with Crippen LogP contribution in [0.4, 0.5) is 23.2 Å². The van der Waals surface area contributed by atoms with Gasteiger partial charge in [-0.05, 0) is 0 Å². The maximum atomic E-state index is 14.9. The summed E-state index contributed by atoms with van der Waals surface area (Å²) in [6.07, 6.45) is -5.09. The van der Waals surface area contributed by atoms with E-state index in [0.29, 0.717) is 13.1 Å². The van der Waals surface area contributed by atoms with Crippen molar-refractivity contribution < 1.29 is 41.5 Å². The van der Waals surface area contributed by atoms with E-state index in [-0.39, 0.29) is 32.2 Å². The monoisotopic (exact) mass is 548 g/mol. The van der Waals surface area contributed by atoms with Gasteiger partial charge in [0, 0.05) is 25.2 Å². The number of ether oxygens (including phenoxy) is 3. The molecular formula is C20H13ClF4N4O8. The highest BCUT2D eigenvalue weighted by atomic mass is 35.5. The zero-order valence-corrected chi connectivity index (χ0v) is 19.5. The van der Waals surface area contributed by atoms with E-state index in [4.69, 9.17) is 21.1 Å². The average Bonchev–Trinajstić information content (AvgIpc) is 2.82. The topological polar surface area (TPSA) is 145 Å². The number of halogens is 5. The van der Waals surface area contributed by atoms with Crippen LogP contribution < -0.4 is 20.7 Å². The standard InChI is InChI=1S/C20H13ClF4N4O8/c1-27-13(20(23,24)25)7-15(30)28(19(27)32)9-5-11(10(29(33)34)4-8(9)22)37-17-12(35-2)6-14(21)26-16(17)18(31)36-3/h4-7H,1-3H3. The molecule has 2 heterocycles. The Bertz CT molecular complexity index is 1550. The molecule has 0 N–H and O–H groups in total. The number of carbonyl (C=O) groups excluding carboxylic acids is 1. The molecular weight excluding hydrogens is 536 g/mol. The van der Waals surface area contributed by atoms with E-state index in [1.807, 2.05) is 0 Å². The molecule has 0 radical (unpaired) electrons. The fourth-order valence-corrected chi connectivity index (χ4v) is 3.31. The fraction of sp³-hybridized carbons (Fsp3) is 0.200. The Morgan fingerprint density at radius 3 is 2.32 bits per heavy atom. The van der Waals surface area contributed by atoms with Crippen molar-refractivity contribution in [2.75, 3.05) is 14.2 Å². The zero-order valence-electron chi connectivity index (χ0n) is 18.8. The van der Waals surface area contributed by atoms with E-state index in [9.17, 15) is 42.1 Å². The minimum Gasteiger partial charge on any atom is -0.493 e. The quantitative estimate of drug-likeness (QED) is 0.149. The number of nitro benzene ring substituents is 1. The van der Waals surface area contributed by atoms with Crippen LogP contribution in [0.3, 0.4) is 0 Å². The molecule has 17 heteroatoms. The molecule has 0 bridgehead atoms. The first-order valence-electron chi connectivity index (χ1n) is 9.60. The fourth-order valence-electron chi connectivity index (χ4n) is 3.12. The maximum absolute atomic E-state index is 14.9. The van der Waals surface area contributed by atoms with E-state index < -0.39 is 68.4 Å². The van der Waals surface area contributed by atoms with Crippen molar-refractivity contribution in [2.45, 2.75) is 6.18 Å². The number of alkyl halides is 3. The minimum atomic E-state index is -5.09. The van der Waals surface area contributed by atoms with Crippen molar-refractivity contribution in [3.05, 3.63) is 77.6 Å². The van der Waals surface area contributed by atoms with Gasteiger partial charge in [0.25, 0.3) is 5.56 Å². The van der Waals surface area contributed by atoms with E-state index in [1.165, 1.54) is 0 Å². The van der Waals surface area contributed by atoms with Gasteiger partial charge in [0.15, 0.2) is 17.3 Å². The lowest BCUT2D eigenvalue weighted by molar-refractivity contribution is -0.385. The molecule has 0 spiro atoms. The highest BCUT2D eigenvalue weighted by Gasteiger charge is 2.35. The smallest absolute Gasteiger partial charge is 0.431 e. The number of aromatic nitrogens is 3. The van der Waals surface area contributed by atoms with E-state index in [1.54, 1.807) is 0 Å². The summed E-state index contributed by atoms with van der Waals surface area (Å²) in [6, 6.07) is 1.89. The number of nitro groups is 1.